The average Bonchev–Trinajstić information content (AvgIpc) is 2.50. The fraction of sp³-hybridized carbons (Fsp3) is 0.529. The van der Waals surface area contributed by atoms with Crippen molar-refractivity contribution in [3.05, 3.63) is 29.8 Å². The molecule has 0 heterocycles. The minimum atomic E-state index is -3.68. The van der Waals surface area contributed by atoms with Crippen molar-refractivity contribution in [3.8, 4) is 0 Å². The number of carboxylic acid groups (broad SMARTS) is 1. The molecule has 2 rings (SSSR count). The lowest BCUT2D eigenvalue weighted by molar-refractivity contribution is -0.136. The highest BCUT2D eigenvalue weighted by Crippen LogP contribution is 2.23. The topological polar surface area (TPSA) is 113 Å². The molecule has 1 aliphatic rings. The molecule has 0 spiro atoms. The summed E-state index contributed by atoms with van der Waals surface area (Å²) in [5.74, 6) is -1.57. The van der Waals surface area contributed by atoms with E-state index in [4.69, 9.17) is 5.11 Å². The van der Waals surface area contributed by atoms with E-state index in [0.29, 0.717) is 17.2 Å². The fourth-order valence-corrected chi connectivity index (χ4v) is 4.17. The molecule has 1 aliphatic carbocycles. The Morgan fingerprint density at radius 3 is 2.28 bits per heavy atom. The lowest BCUT2D eigenvalue weighted by Crippen LogP contribution is -2.41. The molecule has 0 unspecified atom stereocenters. The van der Waals surface area contributed by atoms with Gasteiger partial charge in [-0.05, 0) is 49.3 Å². The Bertz CT molecular complexity index is 707. The summed E-state index contributed by atoms with van der Waals surface area (Å²) in [5.41, 5.74) is 1.03. The van der Waals surface area contributed by atoms with E-state index in [9.17, 15) is 18.0 Å². The van der Waals surface area contributed by atoms with Crippen molar-refractivity contribution in [2.75, 3.05) is 11.1 Å². The zero-order valence-electron chi connectivity index (χ0n) is 14.2. The number of carbonyl (C=O) groups is 2. The highest BCUT2D eigenvalue weighted by molar-refractivity contribution is 7.90. The Balaban J connectivity index is 1.85. The number of aliphatic carboxylic acids is 1. The number of carbonyl (C=O) groups excluding carboxylic acids is 1. The quantitative estimate of drug-likeness (QED) is 0.679. The van der Waals surface area contributed by atoms with Crippen molar-refractivity contribution in [3.63, 3.8) is 0 Å². The summed E-state index contributed by atoms with van der Waals surface area (Å²) in [7, 11) is -3.68. The molecule has 7 nitrogen and oxygen atoms in total. The van der Waals surface area contributed by atoms with E-state index >= 15 is 0 Å². The fourth-order valence-electron chi connectivity index (χ4n) is 2.92. The van der Waals surface area contributed by atoms with Crippen molar-refractivity contribution in [1.29, 1.82) is 0 Å². The predicted octanol–water partition coefficient (Wildman–Crippen LogP) is 1.75. The standard InChI is InChI=1S/C17H24N2O5S/c1-12-2-6-15(7-3-12)19-25(23,24)11-16(20)18-14-8-4-13(5-9-14)10-17(21)22/h4-5,8-9,12,15,19H,2-3,6-7,10-11H2,1H3,(H,18,20)(H,21,22). The maximum atomic E-state index is 12.1. The summed E-state index contributed by atoms with van der Waals surface area (Å²) in [6.45, 7) is 2.15. The number of hydrogen-bond donors (Lipinski definition) is 3. The molecule has 8 heteroatoms. The number of amides is 1. The summed E-state index contributed by atoms with van der Waals surface area (Å²) < 4.78 is 26.8. The van der Waals surface area contributed by atoms with Gasteiger partial charge in [-0.25, -0.2) is 13.1 Å². The molecule has 1 aromatic rings. The van der Waals surface area contributed by atoms with Crippen LogP contribution in [0.25, 0.3) is 0 Å². The summed E-state index contributed by atoms with van der Waals surface area (Å²) in [5, 5.41) is 11.2. The predicted molar refractivity (Wildman–Crippen MR) is 94.8 cm³/mol. The Hall–Kier alpha value is -1.93. The van der Waals surface area contributed by atoms with Crippen LogP contribution in [-0.4, -0.2) is 37.2 Å². The maximum absolute atomic E-state index is 12.1. The molecular formula is C17H24N2O5S. The Morgan fingerprint density at radius 2 is 1.72 bits per heavy atom. The minimum Gasteiger partial charge on any atom is -0.481 e. The normalized spacial score (nSPS) is 20.8. The molecular weight excluding hydrogens is 344 g/mol. The third kappa shape index (κ3) is 6.83. The average molecular weight is 368 g/mol. The first-order valence-electron chi connectivity index (χ1n) is 8.34. The monoisotopic (exact) mass is 368 g/mol. The van der Waals surface area contributed by atoms with Crippen molar-refractivity contribution in [1.82, 2.24) is 4.72 Å². The number of rotatable bonds is 7. The number of benzene rings is 1. The van der Waals surface area contributed by atoms with Gasteiger partial charge in [0.2, 0.25) is 15.9 Å². The van der Waals surface area contributed by atoms with E-state index in [1.54, 1.807) is 24.3 Å². The Labute approximate surface area is 147 Å². The molecule has 0 radical (unpaired) electrons. The van der Waals surface area contributed by atoms with Crippen LogP contribution in [0.1, 0.15) is 38.2 Å². The van der Waals surface area contributed by atoms with Gasteiger partial charge in [0.15, 0.2) is 0 Å². The first-order chi connectivity index (χ1) is 11.7. The van der Waals surface area contributed by atoms with Gasteiger partial charge in [-0.15, -0.1) is 0 Å². The lowest BCUT2D eigenvalue weighted by Gasteiger charge is -2.26. The third-order valence-electron chi connectivity index (χ3n) is 4.28. The second-order valence-electron chi connectivity index (χ2n) is 6.65. The summed E-state index contributed by atoms with van der Waals surface area (Å²) >= 11 is 0. The van der Waals surface area contributed by atoms with Gasteiger partial charge < -0.3 is 10.4 Å². The smallest absolute Gasteiger partial charge is 0.307 e. The molecule has 1 aromatic carbocycles. The highest BCUT2D eigenvalue weighted by Gasteiger charge is 2.24. The first-order valence-corrected chi connectivity index (χ1v) is 9.99. The molecule has 1 saturated carbocycles. The van der Waals surface area contributed by atoms with E-state index in [0.717, 1.165) is 25.7 Å². The van der Waals surface area contributed by atoms with Gasteiger partial charge in [0.05, 0.1) is 6.42 Å². The van der Waals surface area contributed by atoms with Crippen LogP contribution in [0.15, 0.2) is 24.3 Å². The number of sulfonamides is 1. The molecule has 0 saturated heterocycles. The zero-order valence-corrected chi connectivity index (χ0v) is 15.0. The van der Waals surface area contributed by atoms with Crippen LogP contribution in [0.4, 0.5) is 5.69 Å². The lowest BCUT2D eigenvalue weighted by atomic mass is 9.88. The van der Waals surface area contributed by atoms with Crippen LogP contribution in [0.2, 0.25) is 0 Å². The van der Waals surface area contributed by atoms with Gasteiger partial charge in [0.25, 0.3) is 0 Å². The van der Waals surface area contributed by atoms with Gasteiger partial charge in [-0.2, -0.15) is 0 Å². The van der Waals surface area contributed by atoms with E-state index in [2.05, 4.69) is 17.0 Å². The maximum Gasteiger partial charge on any atom is 0.307 e. The van der Waals surface area contributed by atoms with E-state index in [1.807, 2.05) is 0 Å². The number of nitrogens with one attached hydrogen (secondary N) is 2. The molecule has 0 aromatic heterocycles. The highest BCUT2D eigenvalue weighted by atomic mass is 32.2. The summed E-state index contributed by atoms with van der Waals surface area (Å²) in [6.07, 6.45) is 3.47. The Kier molecular flexibility index (Phi) is 6.55. The SMILES string of the molecule is CC1CCC(NS(=O)(=O)CC(=O)Nc2ccc(CC(=O)O)cc2)CC1. The van der Waals surface area contributed by atoms with Crippen LogP contribution < -0.4 is 10.0 Å². The third-order valence-corrected chi connectivity index (χ3v) is 5.61. The first kappa shape index (κ1) is 19.4. The van der Waals surface area contributed by atoms with Gasteiger partial charge in [-0.1, -0.05) is 19.1 Å². The van der Waals surface area contributed by atoms with Gasteiger partial charge in [-0.3, -0.25) is 9.59 Å². The van der Waals surface area contributed by atoms with Crippen LogP contribution >= 0.6 is 0 Å². The molecule has 0 bridgehead atoms. The summed E-state index contributed by atoms with van der Waals surface area (Å²) in [6, 6.07) is 6.18. The molecule has 138 valence electrons. The van der Waals surface area contributed by atoms with Crippen LogP contribution in [-0.2, 0) is 26.0 Å². The minimum absolute atomic E-state index is 0.0932. The zero-order chi connectivity index (χ0) is 18.4. The number of hydrogen-bond acceptors (Lipinski definition) is 4. The van der Waals surface area contributed by atoms with Crippen LogP contribution in [0.5, 0.6) is 0 Å². The van der Waals surface area contributed by atoms with Crippen molar-refractivity contribution >= 4 is 27.6 Å². The molecule has 25 heavy (non-hydrogen) atoms. The van der Waals surface area contributed by atoms with Crippen molar-refractivity contribution < 1.29 is 23.1 Å². The van der Waals surface area contributed by atoms with Gasteiger partial charge in [0.1, 0.15) is 5.75 Å². The molecule has 1 fully saturated rings. The second-order valence-corrected chi connectivity index (χ2v) is 8.40. The number of anilines is 1. The second kappa shape index (κ2) is 8.44. The molecule has 0 atom stereocenters. The largest absolute Gasteiger partial charge is 0.481 e. The van der Waals surface area contributed by atoms with Gasteiger partial charge >= 0.3 is 5.97 Å². The Morgan fingerprint density at radius 1 is 1.12 bits per heavy atom. The van der Waals surface area contributed by atoms with Gasteiger partial charge in [0, 0.05) is 11.7 Å². The van der Waals surface area contributed by atoms with E-state index in [1.165, 1.54) is 0 Å². The van der Waals surface area contributed by atoms with Crippen LogP contribution in [0.3, 0.4) is 0 Å². The molecule has 1 amide bonds. The van der Waals surface area contributed by atoms with Crippen LogP contribution in [0, 0.1) is 5.92 Å². The molecule has 3 N–H and O–H groups in total. The summed E-state index contributed by atoms with van der Waals surface area (Å²) in [4.78, 5) is 22.6. The molecule has 0 aliphatic heterocycles. The van der Waals surface area contributed by atoms with Crippen molar-refractivity contribution in [2.45, 2.75) is 45.1 Å². The number of carboxylic acids is 1. The van der Waals surface area contributed by atoms with E-state index < -0.39 is 27.7 Å². The van der Waals surface area contributed by atoms with Crippen molar-refractivity contribution in [2.24, 2.45) is 5.92 Å². The van der Waals surface area contributed by atoms with E-state index in [-0.39, 0.29) is 12.5 Å².